The third kappa shape index (κ3) is 2.81. The maximum absolute atomic E-state index is 12.4. The molecule has 2 rings (SSSR count). The number of nitrogens with zero attached hydrogens (tertiary/aromatic N) is 2. The molecule has 4 nitrogen and oxygen atoms in total. The number of aryl methyl sites for hydroxylation is 1. The molecule has 106 valence electrons. The minimum atomic E-state index is -0.216. The topological polar surface area (TPSA) is 44.0 Å². The third-order valence-corrected chi connectivity index (χ3v) is 4.40. The van der Waals surface area contributed by atoms with E-state index in [1.54, 1.807) is 12.3 Å². The second kappa shape index (κ2) is 5.69. The molecule has 0 amide bonds. The standard InChI is InChI=1S/C14H14Br2N2O2/c1-8-4-11(9(2)17(8)3)13(19)7-18-6-10(15)5-12(16)14(18)20/h4-6H,7H2,1-3H3. The average molecular weight is 402 g/mol. The zero-order chi connectivity index (χ0) is 15.0. The molecule has 0 aliphatic heterocycles. The molecule has 0 radical (unpaired) electrons. The second-order valence-corrected chi connectivity index (χ2v) is 6.48. The zero-order valence-corrected chi connectivity index (χ0v) is 14.6. The molecule has 0 atom stereocenters. The number of halogens is 2. The monoisotopic (exact) mass is 400 g/mol. The SMILES string of the molecule is Cc1cc(C(=O)Cn2cc(Br)cc(Br)c2=O)c(C)n1C. The molecule has 0 fully saturated rings. The van der Waals surface area contributed by atoms with Crippen LogP contribution in [0.1, 0.15) is 21.7 Å². The fourth-order valence-electron chi connectivity index (χ4n) is 2.06. The Bertz CT molecular complexity index is 744. The summed E-state index contributed by atoms with van der Waals surface area (Å²) in [7, 11) is 1.92. The normalized spacial score (nSPS) is 10.8. The largest absolute Gasteiger partial charge is 0.351 e. The molecular formula is C14H14Br2N2O2. The first-order chi connectivity index (χ1) is 9.31. The van der Waals surface area contributed by atoms with E-state index >= 15 is 0 Å². The van der Waals surface area contributed by atoms with Gasteiger partial charge < -0.3 is 9.13 Å². The van der Waals surface area contributed by atoms with E-state index < -0.39 is 0 Å². The van der Waals surface area contributed by atoms with Crippen molar-refractivity contribution in [1.29, 1.82) is 0 Å². The summed E-state index contributed by atoms with van der Waals surface area (Å²) < 4.78 is 4.55. The molecule has 0 aliphatic carbocycles. The van der Waals surface area contributed by atoms with Gasteiger partial charge in [0.15, 0.2) is 5.78 Å². The molecule has 0 aromatic carbocycles. The van der Waals surface area contributed by atoms with Crippen LogP contribution in [-0.4, -0.2) is 14.9 Å². The van der Waals surface area contributed by atoms with E-state index in [1.165, 1.54) is 4.57 Å². The number of hydrogen-bond acceptors (Lipinski definition) is 2. The summed E-state index contributed by atoms with van der Waals surface area (Å²) in [6.45, 7) is 3.88. The zero-order valence-electron chi connectivity index (χ0n) is 11.4. The van der Waals surface area contributed by atoms with Gasteiger partial charge in [0.05, 0.1) is 11.0 Å². The van der Waals surface area contributed by atoms with E-state index in [0.717, 1.165) is 15.9 Å². The summed E-state index contributed by atoms with van der Waals surface area (Å²) in [6.07, 6.45) is 1.62. The van der Waals surface area contributed by atoms with Gasteiger partial charge in [-0.15, -0.1) is 0 Å². The highest BCUT2D eigenvalue weighted by molar-refractivity contribution is 9.11. The summed E-state index contributed by atoms with van der Waals surface area (Å²) >= 11 is 6.51. The fraction of sp³-hybridized carbons (Fsp3) is 0.286. The number of ketones is 1. The Kier molecular flexibility index (Phi) is 4.34. The van der Waals surface area contributed by atoms with Gasteiger partial charge in [-0.25, -0.2) is 0 Å². The van der Waals surface area contributed by atoms with Crippen LogP contribution in [0.3, 0.4) is 0 Å². The van der Waals surface area contributed by atoms with Crippen LogP contribution in [0, 0.1) is 13.8 Å². The molecule has 2 aromatic rings. The third-order valence-electron chi connectivity index (χ3n) is 3.40. The van der Waals surface area contributed by atoms with Gasteiger partial charge >= 0.3 is 0 Å². The van der Waals surface area contributed by atoms with Crippen molar-refractivity contribution in [1.82, 2.24) is 9.13 Å². The Hall–Kier alpha value is -1.14. The molecule has 0 bridgehead atoms. The molecule has 0 N–H and O–H groups in total. The van der Waals surface area contributed by atoms with Gasteiger partial charge in [0.1, 0.15) is 0 Å². The summed E-state index contributed by atoms with van der Waals surface area (Å²) in [5.74, 6) is -0.0710. The Labute approximate surface area is 133 Å². The highest BCUT2D eigenvalue weighted by Gasteiger charge is 2.15. The minimum Gasteiger partial charge on any atom is -0.351 e. The average Bonchev–Trinajstić information content (AvgIpc) is 2.63. The first kappa shape index (κ1) is 15.3. The lowest BCUT2D eigenvalue weighted by Gasteiger charge is -2.07. The van der Waals surface area contributed by atoms with Gasteiger partial charge in [0.25, 0.3) is 5.56 Å². The highest BCUT2D eigenvalue weighted by atomic mass is 79.9. The van der Waals surface area contributed by atoms with Gasteiger partial charge in [-0.3, -0.25) is 9.59 Å². The summed E-state index contributed by atoms with van der Waals surface area (Å²) in [6, 6.07) is 3.52. The van der Waals surface area contributed by atoms with Crippen LogP contribution < -0.4 is 5.56 Å². The van der Waals surface area contributed by atoms with E-state index in [0.29, 0.717) is 10.0 Å². The van der Waals surface area contributed by atoms with E-state index in [1.807, 2.05) is 31.5 Å². The molecule has 0 spiro atoms. The number of hydrogen-bond donors (Lipinski definition) is 0. The quantitative estimate of drug-likeness (QED) is 0.741. The summed E-state index contributed by atoms with van der Waals surface area (Å²) in [5.41, 5.74) is 2.38. The lowest BCUT2D eigenvalue weighted by atomic mass is 10.1. The lowest BCUT2D eigenvalue weighted by molar-refractivity contribution is 0.0970. The minimum absolute atomic E-state index is 0.0289. The van der Waals surface area contributed by atoms with Crippen LogP contribution in [0.25, 0.3) is 0 Å². The van der Waals surface area contributed by atoms with Crippen molar-refractivity contribution in [3.63, 3.8) is 0 Å². The molecular weight excluding hydrogens is 388 g/mol. The molecule has 0 unspecified atom stereocenters. The lowest BCUT2D eigenvalue weighted by Crippen LogP contribution is -2.24. The van der Waals surface area contributed by atoms with Crippen LogP contribution in [0.4, 0.5) is 0 Å². The maximum atomic E-state index is 12.4. The van der Waals surface area contributed by atoms with Crippen molar-refractivity contribution in [2.24, 2.45) is 7.05 Å². The number of rotatable bonds is 3. The Morgan fingerprint density at radius 3 is 2.45 bits per heavy atom. The van der Waals surface area contributed by atoms with Gasteiger partial charge in [-0.2, -0.15) is 0 Å². The van der Waals surface area contributed by atoms with Crippen molar-refractivity contribution < 1.29 is 4.79 Å². The first-order valence-corrected chi connectivity index (χ1v) is 7.61. The molecule has 6 heteroatoms. The van der Waals surface area contributed by atoms with Crippen molar-refractivity contribution in [3.05, 3.63) is 54.6 Å². The van der Waals surface area contributed by atoms with E-state index in [2.05, 4.69) is 31.9 Å². The number of aromatic nitrogens is 2. The van der Waals surface area contributed by atoms with E-state index in [4.69, 9.17) is 0 Å². The van der Waals surface area contributed by atoms with Crippen LogP contribution >= 0.6 is 31.9 Å². The van der Waals surface area contributed by atoms with Gasteiger partial charge in [-0.1, -0.05) is 0 Å². The van der Waals surface area contributed by atoms with Crippen molar-refractivity contribution in [2.45, 2.75) is 20.4 Å². The molecule has 2 aromatic heterocycles. The number of Topliss-reactive ketones (excluding diaryl/α,β-unsaturated/α-hetero) is 1. The predicted octanol–water partition coefficient (Wildman–Crippen LogP) is 3.21. The highest BCUT2D eigenvalue weighted by Crippen LogP contribution is 2.16. The molecule has 0 saturated carbocycles. The second-order valence-electron chi connectivity index (χ2n) is 4.71. The Balaban J connectivity index is 2.38. The molecule has 0 aliphatic rings. The smallest absolute Gasteiger partial charge is 0.265 e. The van der Waals surface area contributed by atoms with E-state index in [9.17, 15) is 9.59 Å². The Morgan fingerprint density at radius 2 is 1.90 bits per heavy atom. The van der Waals surface area contributed by atoms with Crippen molar-refractivity contribution in [2.75, 3.05) is 0 Å². The fourth-order valence-corrected chi connectivity index (χ4v) is 3.32. The summed E-state index contributed by atoms with van der Waals surface area (Å²) in [5, 5.41) is 0. The van der Waals surface area contributed by atoms with Gasteiger partial charge in [0.2, 0.25) is 0 Å². The summed E-state index contributed by atoms with van der Waals surface area (Å²) in [4.78, 5) is 24.4. The predicted molar refractivity (Wildman–Crippen MR) is 85.3 cm³/mol. The van der Waals surface area contributed by atoms with Crippen molar-refractivity contribution in [3.8, 4) is 0 Å². The molecule has 20 heavy (non-hydrogen) atoms. The van der Waals surface area contributed by atoms with Crippen LogP contribution in [0.5, 0.6) is 0 Å². The Morgan fingerprint density at radius 1 is 1.25 bits per heavy atom. The van der Waals surface area contributed by atoms with E-state index in [-0.39, 0.29) is 17.9 Å². The maximum Gasteiger partial charge on any atom is 0.265 e. The first-order valence-electron chi connectivity index (χ1n) is 6.03. The van der Waals surface area contributed by atoms with Crippen LogP contribution in [0.15, 0.2) is 32.1 Å². The van der Waals surface area contributed by atoms with Crippen LogP contribution in [0.2, 0.25) is 0 Å². The number of carbonyl (C=O) groups excluding carboxylic acids is 1. The van der Waals surface area contributed by atoms with Gasteiger partial charge in [0, 0.05) is 34.7 Å². The number of pyridine rings is 1. The van der Waals surface area contributed by atoms with Gasteiger partial charge in [-0.05, 0) is 57.8 Å². The van der Waals surface area contributed by atoms with Crippen LogP contribution in [-0.2, 0) is 13.6 Å². The van der Waals surface area contributed by atoms with Crippen molar-refractivity contribution >= 4 is 37.6 Å². The molecule has 0 saturated heterocycles. The molecule has 2 heterocycles. The number of carbonyl (C=O) groups is 1.